The SMILES string of the molecule is CCCC(=O)Nc1c(CC)cnc2c1c(=O)n(C)c(=O)n2C. The lowest BCUT2D eigenvalue weighted by Crippen LogP contribution is -2.38. The summed E-state index contributed by atoms with van der Waals surface area (Å²) in [6.45, 7) is 3.83. The molecule has 22 heavy (non-hydrogen) atoms. The number of nitrogens with one attached hydrogen (secondary N) is 1. The fourth-order valence-electron chi connectivity index (χ4n) is 2.41. The van der Waals surface area contributed by atoms with Crippen LogP contribution in [-0.2, 0) is 25.3 Å². The summed E-state index contributed by atoms with van der Waals surface area (Å²) in [7, 11) is 2.97. The lowest BCUT2D eigenvalue weighted by atomic mass is 10.1. The molecule has 0 radical (unpaired) electrons. The van der Waals surface area contributed by atoms with Gasteiger partial charge in [-0.25, -0.2) is 9.78 Å². The highest BCUT2D eigenvalue weighted by molar-refractivity contribution is 6.00. The van der Waals surface area contributed by atoms with Gasteiger partial charge in [-0.05, 0) is 18.4 Å². The van der Waals surface area contributed by atoms with E-state index in [9.17, 15) is 14.4 Å². The standard InChI is InChI=1S/C15H20N4O3/c1-5-7-10(20)17-12-9(6-2)8-16-13-11(12)14(21)19(4)15(22)18(13)3/h8H,5-7H2,1-4H3,(H,16,17,20). The number of nitrogens with zero attached hydrogens (tertiary/aromatic N) is 3. The lowest BCUT2D eigenvalue weighted by molar-refractivity contribution is -0.116. The van der Waals surface area contributed by atoms with Crippen molar-refractivity contribution in [3.8, 4) is 0 Å². The average Bonchev–Trinajstić information content (AvgIpc) is 2.50. The maximum absolute atomic E-state index is 12.5. The number of hydrogen-bond donors (Lipinski definition) is 1. The monoisotopic (exact) mass is 304 g/mol. The predicted octanol–water partition coefficient (Wildman–Crippen LogP) is 0.933. The number of carbonyl (C=O) groups excluding carboxylic acids is 1. The van der Waals surface area contributed by atoms with E-state index in [0.29, 0.717) is 24.9 Å². The van der Waals surface area contributed by atoms with Gasteiger partial charge < -0.3 is 5.32 Å². The smallest absolute Gasteiger partial charge is 0.325 e. The van der Waals surface area contributed by atoms with Crippen molar-refractivity contribution in [2.24, 2.45) is 14.1 Å². The molecule has 2 aromatic rings. The highest BCUT2D eigenvalue weighted by Crippen LogP contribution is 2.23. The second kappa shape index (κ2) is 6.13. The van der Waals surface area contributed by atoms with E-state index in [1.807, 2.05) is 13.8 Å². The first-order valence-electron chi connectivity index (χ1n) is 7.29. The zero-order chi connectivity index (χ0) is 16.4. The van der Waals surface area contributed by atoms with Gasteiger partial charge in [0, 0.05) is 26.7 Å². The van der Waals surface area contributed by atoms with Gasteiger partial charge in [0.05, 0.1) is 5.69 Å². The molecular formula is C15H20N4O3. The van der Waals surface area contributed by atoms with Crippen molar-refractivity contribution in [1.82, 2.24) is 14.1 Å². The van der Waals surface area contributed by atoms with Crippen LogP contribution in [0.25, 0.3) is 11.0 Å². The number of amides is 1. The van der Waals surface area contributed by atoms with Crippen LogP contribution in [0.15, 0.2) is 15.8 Å². The van der Waals surface area contributed by atoms with Crippen molar-refractivity contribution in [2.45, 2.75) is 33.1 Å². The normalized spacial score (nSPS) is 10.9. The summed E-state index contributed by atoms with van der Waals surface area (Å²) < 4.78 is 2.34. The van der Waals surface area contributed by atoms with Gasteiger partial charge >= 0.3 is 5.69 Å². The highest BCUT2D eigenvalue weighted by Gasteiger charge is 2.17. The summed E-state index contributed by atoms with van der Waals surface area (Å²) in [4.78, 5) is 40.7. The van der Waals surface area contributed by atoms with Crippen LogP contribution >= 0.6 is 0 Å². The summed E-state index contributed by atoms with van der Waals surface area (Å²) in [5.74, 6) is -0.152. The first-order chi connectivity index (χ1) is 10.4. The van der Waals surface area contributed by atoms with E-state index in [-0.39, 0.29) is 16.9 Å². The summed E-state index contributed by atoms with van der Waals surface area (Å²) in [6.07, 6.45) is 3.31. The number of hydrogen-bond acceptors (Lipinski definition) is 4. The van der Waals surface area contributed by atoms with Gasteiger partial charge in [-0.3, -0.25) is 18.7 Å². The maximum atomic E-state index is 12.5. The number of pyridine rings is 1. The molecule has 0 aromatic carbocycles. The minimum absolute atomic E-state index is 0.152. The molecule has 0 aliphatic rings. The second-order valence-electron chi connectivity index (χ2n) is 5.21. The zero-order valence-corrected chi connectivity index (χ0v) is 13.3. The van der Waals surface area contributed by atoms with Crippen molar-refractivity contribution in [3.63, 3.8) is 0 Å². The van der Waals surface area contributed by atoms with E-state index in [4.69, 9.17) is 0 Å². The third-order valence-electron chi connectivity index (χ3n) is 3.67. The van der Waals surface area contributed by atoms with Gasteiger partial charge in [-0.1, -0.05) is 13.8 Å². The number of fused-ring (bicyclic) bond motifs is 1. The molecule has 0 fully saturated rings. The van der Waals surface area contributed by atoms with Gasteiger partial charge in [0.25, 0.3) is 5.56 Å². The molecular weight excluding hydrogens is 284 g/mol. The largest absolute Gasteiger partial charge is 0.332 e. The van der Waals surface area contributed by atoms with E-state index in [1.54, 1.807) is 13.2 Å². The Bertz CT molecular complexity index is 848. The molecule has 0 unspecified atom stereocenters. The first-order valence-corrected chi connectivity index (χ1v) is 7.29. The Morgan fingerprint density at radius 2 is 1.91 bits per heavy atom. The van der Waals surface area contributed by atoms with Crippen LogP contribution in [-0.4, -0.2) is 20.0 Å². The van der Waals surface area contributed by atoms with Gasteiger partial charge in [0.2, 0.25) is 5.91 Å². The van der Waals surface area contributed by atoms with Crippen LogP contribution in [0.1, 0.15) is 32.3 Å². The Balaban J connectivity index is 2.84. The minimum atomic E-state index is -0.451. The van der Waals surface area contributed by atoms with Crippen LogP contribution in [0.2, 0.25) is 0 Å². The maximum Gasteiger partial charge on any atom is 0.332 e. The minimum Gasteiger partial charge on any atom is -0.325 e. The second-order valence-corrected chi connectivity index (χ2v) is 5.21. The molecule has 0 spiro atoms. The van der Waals surface area contributed by atoms with Crippen LogP contribution in [0.3, 0.4) is 0 Å². The van der Waals surface area contributed by atoms with Gasteiger partial charge in [-0.2, -0.15) is 0 Å². The number of aromatic nitrogens is 3. The third kappa shape index (κ3) is 2.54. The average molecular weight is 304 g/mol. The summed E-state index contributed by atoms with van der Waals surface area (Å²) >= 11 is 0. The Morgan fingerprint density at radius 3 is 2.50 bits per heavy atom. The number of aryl methyl sites for hydroxylation is 2. The number of anilines is 1. The van der Waals surface area contributed by atoms with E-state index in [2.05, 4.69) is 10.3 Å². The molecule has 1 amide bonds. The van der Waals surface area contributed by atoms with E-state index >= 15 is 0 Å². The number of rotatable bonds is 4. The molecule has 0 saturated heterocycles. The van der Waals surface area contributed by atoms with Crippen molar-refractivity contribution < 1.29 is 4.79 Å². The fourth-order valence-corrected chi connectivity index (χ4v) is 2.41. The molecule has 2 heterocycles. The predicted molar refractivity (Wildman–Crippen MR) is 85.1 cm³/mol. The zero-order valence-electron chi connectivity index (χ0n) is 13.3. The van der Waals surface area contributed by atoms with Crippen LogP contribution in [0.5, 0.6) is 0 Å². The van der Waals surface area contributed by atoms with Gasteiger partial charge in [0.15, 0.2) is 5.65 Å². The topological polar surface area (TPSA) is 86.0 Å². The molecule has 7 nitrogen and oxygen atoms in total. The van der Waals surface area contributed by atoms with Gasteiger partial charge in [-0.15, -0.1) is 0 Å². The van der Waals surface area contributed by atoms with Crippen LogP contribution in [0, 0.1) is 0 Å². The van der Waals surface area contributed by atoms with Crippen molar-refractivity contribution in [2.75, 3.05) is 5.32 Å². The summed E-state index contributed by atoms with van der Waals surface area (Å²) in [5.41, 5.74) is 0.611. The molecule has 7 heteroatoms. The van der Waals surface area contributed by atoms with E-state index < -0.39 is 11.2 Å². The Labute approximate surface area is 127 Å². The molecule has 118 valence electrons. The van der Waals surface area contributed by atoms with E-state index in [1.165, 1.54) is 11.6 Å². The molecule has 2 aromatic heterocycles. The fraction of sp³-hybridized carbons (Fsp3) is 0.467. The Hall–Kier alpha value is -2.44. The number of carbonyl (C=O) groups is 1. The molecule has 1 N–H and O–H groups in total. The molecule has 0 aliphatic heterocycles. The van der Waals surface area contributed by atoms with Crippen molar-refractivity contribution in [1.29, 1.82) is 0 Å². The third-order valence-corrected chi connectivity index (χ3v) is 3.67. The van der Waals surface area contributed by atoms with Crippen LogP contribution in [0.4, 0.5) is 5.69 Å². The van der Waals surface area contributed by atoms with Gasteiger partial charge in [0.1, 0.15) is 5.39 Å². The molecule has 0 saturated carbocycles. The molecule has 0 bridgehead atoms. The van der Waals surface area contributed by atoms with Crippen molar-refractivity contribution in [3.05, 3.63) is 32.6 Å². The quantitative estimate of drug-likeness (QED) is 0.910. The van der Waals surface area contributed by atoms with Crippen molar-refractivity contribution >= 4 is 22.6 Å². The Kier molecular flexibility index (Phi) is 4.44. The first kappa shape index (κ1) is 15.9. The summed E-state index contributed by atoms with van der Waals surface area (Å²) in [6, 6.07) is 0. The highest BCUT2D eigenvalue weighted by atomic mass is 16.2. The molecule has 0 atom stereocenters. The Morgan fingerprint density at radius 1 is 1.23 bits per heavy atom. The summed E-state index contributed by atoms with van der Waals surface area (Å²) in [5, 5.41) is 3.08. The van der Waals surface area contributed by atoms with Crippen LogP contribution < -0.4 is 16.6 Å². The van der Waals surface area contributed by atoms with E-state index in [0.717, 1.165) is 10.1 Å². The molecule has 2 rings (SSSR count). The lowest BCUT2D eigenvalue weighted by Gasteiger charge is -2.14. The molecule has 0 aliphatic carbocycles.